The Hall–Kier alpha value is -0.570. The van der Waals surface area contributed by atoms with E-state index in [1.807, 2.05) is 0 Å². The van der Waals surface area contributed by atoms with E-state index in [0.717, 1.165) is 18.7 Å². The van der Waals surface area contributed by atoms with Crippen LogP contribution in [0.15, 0.2) is 22.1 Å². The normalized spacial score (nSPS) is 16.1. The van der Waals surface area contributed by atoms with Gasteiger partial charge in [0.1, 0.15) is 0 Å². The number of hydrogen-bond acceptors (Lipinski definition) is 2. The van der Waals surface area contributed by atoms with Gasteiger partial charge in [-0.15, -0.1) is 0 Å². The maximum atomic E-state index is 6.08. The molecule has 0 fully saturated rings. The number of nitrogens with zero attached hydrogens (tertiary/aromatic N) is 2. The molecule has 1 heterocycles. The van der Waals surface area contributed by atoms with Crippen LogP contribution in [0.4, 0.5) is 0 Å². The first-order valence-corrected chi connectivity index (χ1v) is 6.97. The van der Waals surface area contributed by atoms with Crippen molar-refractivity contribution in [2.45, 2.75) is 19.3 Å². The molecule has 0 saturated heterocycles. The molecule has 0 N–H and O–H groups in total. The van der Waals surface area contributed by atoms with Gasteiger partial charge in [0, 0.05) is 24.0 Å². The second kappa shape index (κ2) is 6.55. The Morgan fingerprint density at radius 3 is 2.67 bits per heavy atom. The smallest absolute Gasteiger partial charge is 0.0768 e. The molecule has 0 aliphatic carbocycles. The summed E-state index contributed by atoms with van der Waals surface area (Å²) in [4.78, 5) is 8.78. The average molecular weight is 304 g/mol. The number of hydrogen-bond donors (Lipinski definition) is 0. The lowest BCUT2D eigenvalue weighted by Gasteiger charge is -2.09. The van der Waals surface area contributed by atoms with Gasteiger partial charge in [-0.25, -0.2) is 0 Å². The van der Waals surface area contributed by atoms with Gasteiger partial charge in [0.2, 0.25) is 0 Å². The van der Waals surface area contributed by atoms with Crippen molar-refractivity contribution >= 4 is 46.7 Å². The van der Waals surface area contributed by atoms with E-state index >= 15 is 0 Å². The topological polar surface area (TPSA) is 24.7 Å². The molecule has 0 radical (unpaired) electrons. The van der Waals surface area contributed by atoms with Gasteiger partial charge < -0.3 is 0 Å². The molecule has 18 heavy (non-hydrogen) atoms. The van der Waals surface area contributed by atoms with E-state index in [1.165, 1.54) is 12.8 Å². The summed E-state index contributed by atoms with van der Waals surface area (Å²) < 4.78 is 0. The molecule has 96 valence electrons. The van der Waals surface area contributed by atoms with Crippen LogP contribution in [0.5, 0.6) is 0 Å². The Kier molecular flexibility index (Phi) is 5.04. The zero-order valence-electron chi connectivity index (χ0n) is 9.80. The van der Waals surface area contributed by atoms with E-state index in [-0.39, 0.29) is 0 Å². The quantitative estimate of drug-likeness (QED) is 0.571. The summed E-state index contributed by atoms with van der Waals surface area (Å²) in [7, 11) is 0. The molecule has 0 saturated carbocycles. The Morgan fingerprint density at radius 2 is 1.94 bits per heavy atom. The first kappa shape index (κ1) is 13.9. The zero-order chi connectivity index (χ0) is 13.0. The van der Waals surface area contributed by atoms with E-state index < -0.39 is 0 Å². The molecule has 0 spiro atoms. The molecule has 2 nitrogen and oxygen atoms in total. The standard InChI is InChI=1S/C13H13Cl3N2/c14-11-4-5-12(15)13(16)10(11)8-17-7-9-3-1-2-6-18-9/h4-5,8H,1-3,6-7H2. The summed E-state index contributed by atoms with van der Waals surface area (Å²) in [6, 6.07) is 3.39. The number of halogens is 3. The van der Waals surface area contributed by atoms with Gasteiger partial charge in [-0.2, -0.15) is 0 Å². The highest BCUT2D eigenvalue weighted by atomic mass is 35.5. The molecular weight excluding hydrogens is 291 g/mol. The first-order valence-electron chi connectivity index (χ1n) is 5.84. The van der Waals surface area contributed by atoms with Gasteiger partial charge in [-0.3, -0.25) is 9.98 Å². The summed E-state index contributed by atoms with van der Waals surface area (Å²) in [6.07, 6.45) is 5.09. The van der Waals surface area contributed by atoms with Crippen molar-refractivity contribution in [3.63, 3.8) is 0 Å². The Balaban J connectivity index is 2.09. The molecule has 5 heteroatoms. The van der Waals surface area contributed by atoms with Crippen molar-refractivity contribution in [1.29, 1.82) is 0 Å². The monoisotopic (exact) mass is 302 g/mol. The molecule has 0 bridgehead atoms. The Labute approximate surface area is 122 Å². The van der Waals surface area contributed by atoms with Crippen LogP contribution in [0.25, 0.3) is 0 Å². The number of aliphatic imine (C=N–C) groups is 2. The van der Waals surface area contributed by atoms with Crippen LogP contribution >= 0.6 is 34.8 Å². The maximum absolute atomic E-state index is 6.08. The summed E-state index contributed by atoms with van der Waals surface area (Å²) >= 11 is 18.1. The van der Waals surface area contributed by atoms with Gasteiger partial charge >= 0.3 is 0 Å². The van der Waals surface area contributed by atoms with E-state index in [1.54, 1.807) is 18.3 Å². The molecule has 0 unspecified atom stereocenters. The number of benzene rings is 1. The lowest BCUT2D eigenvalue weighted by Crippen LogP contribution is -2.09. The Bertz CT molecular complexity index is 495. The van der Waals surface area contributed by atoms with Crippen LogP contribution in [0.3, 0.4) is 0 Å². The van der Waals surface area contributed by atoms with Gasteiger partial charge in [0.15, 0.2) is 0 Å². The Morgan fingerprint density at radius 1 is 1.17 bits per heavy atom. The fourth-order valence-electron chi connectivity index (χ4n) is 1.79. The molecular formula is C13H13Cl3N2. The van der Waals surface area contributed by atoms with Crippen molar-refractivity contribution in [2.75, 3.05) is 13.1 Å². The number of rotatable bonds is 3. The highest BCUT2D eigenvalue weighted by Crippen LogP contribution is 2.30. The third-order valence-electron chi connectivity index (χ3n) is 2.78. The van der Waals surface area contributed by atoms with Crippen molar-refractivity contribution in [3.8, 4) is 0 Å². The third-order valence-corrected chi connectivity index (χ3v) is 3.93. The van der Waals surface area contributed by atoms with E-state index in [2.05, 4.69) is 9.98 Å². The summed E-state index contributed by atoms with van der Waals surface area (Å²) in [5.41, 5.74) is 1.81. The molecule has 1 aromatic rings. The fourth-order valence-corrected chi connectivity index (χ4v) is 2.42. The van der Waals surface area contributed by atoms with Gasteiger partial charge in [-0.1, -0.05) is 34.8 Å². The van der Waals surface area contributed by atoms with Crippen LogP contribution in [0.2, 0.25) is 15.1 Å². The van der Waals surface area contributed by atoms with Crippen LogP contribution in [-0.4, -0.2) is 25.0 Å². The lowest BCUT2D eigenvalue weighted by molar-refractivity contribution is 0.731. The fraction of sp³-hybridized carbons (Fsp3) is 0.385. The maximum Gasteiger partial charge on any atom is 0.0768 e. The van der Waals surface area contributed by atoms with Gasteiger partial charge in [0.05, 0.1) is 21.6 Å². The molecule has 1 aromatic carbocycles. The molecule has 1 aliphatic rings. The van der Waals surface area contributed by atoms with E-state index in [0.29, 0.717) is 27.2 Å². The largest absolute Gasteiger partial charge is 0.292 e. The second-order valence-corrected chi connectivity index (χ2v) is 5.32. The minimum Gasteiger partial charge on any atom is -0.292 e. The van der Waals surface area contributed by atoms with Crippen LogP contribution < -0.4 is 0 Å². The summed E-state index contributed by atoms with van der Waals surface area (Å²) in [5, 5.41) is 1.48. The predicted octanol–water partition coefficient (Wildman–Crippen LogP) is 4.69. The van der Waals surface area contributed by atoms with Crippen molar-refractivity contribution < 1.29 is 0 Å². The minimum atomic E-state index is 0.443. The van der Waals surface area contributed by atoms with Crippen LogP contribution in [-0.2, 0) is 0 Å². The average Bonchev–Trinajstić information content (AvgIpc) is 2.39. The highest BCUT2D eigenvalue weighted by molar-refractivity contribution is 6.45. The summed E-state index contributed by atoms with van der Waals surface area (Å²) in [6.45, 7) is 1.53. The first-order chi connectivity index (χ1) is 8.68. The lowest BCUT2D eigenvalue weighted by atomic mass is 10.1. The van der Waals surface area contributed by atoms with Gasteiger partial charge in [0.25, 0.3) is 0 Å². The minimum absolute atomic E-state index is 0.443. The van der Waals surface area contributed by atoms with Gasteiger partial charge in [-0.05, 0) is 31.4 Å². The van der Waals surface area contributed by atoms with E-state index in [9.17, 15) is 0 Å². The third kappa shape index (κ3) is 3.47. The van der Waals surface area contributed by atoms with Crippen LogP contribution in [0.1, 0.15) is 24.8 Å². The van der Waals surface area contributed by atoms with Crippen molar-refractivity contribution in [3.05, 3.63) is 32.8 Å². The predicted molar refractivity (Wildman–Crippen MR) is 80.1 cm³/mol. The molecule has 0 amide bonds. The molecule has 0 aromatic heterocycles. The second-order valence-electron chi connectivity index (χ2n) is 4.13. The van der Waals surface area contributed by atoms with Crippen molar-refractivity contribution in [2.24, 2.45) is 9.98 Å². The molecule has 1 aliphatic heterocycles. The van der Waals surface area contributed by atoms with Crippen molar-refractivity contribution in [1.82, 2.24) is 0 Å². The molecule has 2 rings (SSSR count). The van der Waals surface area contributed by atoms with E-state index in [4.69, 9.17) is 34.8 Å². The SMILES string of the molecule is Clc1ccc(Cl)c(C=NCC2=NCCCC2)c1Cl. The molecule has 0 atom stereocenters. The zero-order valence-corrected chi connectivity index (χ0v) is 12.1. The van der Waals surface area contributed by atoms with Crippen LogP contribution in [0, 0.1) is 0 Å². The highest BCUT2D eigenvalue weighted by Gasteiger charge is 2.08. The summed E-state index contributed by atoms with van der Waals surface area (Å²) in [5.74, 6) is 0.